The number of nitrogens with one attached hydrogen (secondary N) is 1. The van der Waals surface area contributed by atoms with Gasteiger partial charge < -0.3 is 14.6 Å². The summed E-state index contributed by atoms with van der Waals surface area (Å²) in [4.78, 5) is 11.9. The first-order valence-electron chi connectivity index (χ1n) is 7.07. The van der Waals surface area contributed by atoms with Crippen LogP contribution in [0, 0.1) is 0 Å². The Morgan fingerprint density at radius 3 is 2.61 bits per heavy atom. The second-order valence-corrected chi connectivity index (χ2v) is 4.59. The predicted octanol–water partition coefficient (Wildman–Crippen LogP) is 2.56. The lowest BCUT2D eigenvalue weighted by Crippen LogP contribution is -2.17. The molecular weight excluding hydrogens is 296 g/mol. The third-order valence-electron chi connectivity index (χ3n) is 3.00. The van der Waals surface area contributed by atoms with Gasteiger partial charge in [0.25, 0.3) is 5.91 Å². The van der Waals surface area contributed by atoms with E-state index in [1.165, 1.54) is 30.5 Å². The lowest BCUT2D eigenvalue weighted by molar-refractivity contribution is 0.0955. The summed E-state index contributed by atoms with van der Waals surface area (Å²) in [6, 6.07) is 11.3. The van der Waals surface area contributed by atoms with Crippen LogP contribution in [-0.2, 0) is 0 Å². The molecule has 0 spiro atoms. The minimum atomic E-state index is -0.362. The van der Waals surface area contributed by atoms with Crippen LogP contribution < -0.4 is 14.9 Å². The molecule has 0 atom stereocenters. The Balaban J connectivity index is 2.02. The Morgan fingerprint density at radius 1 is 1.22 bits per heavy atom. The Kier molecular flexibility index (Phi) is 5.57. The van der Waals surface area contributed by atoms with Crippen LogP contribution in [0.1, 0.15) is 22.8 Å². The van der Waals surface area contributed by atoms with E-state index in [0.29, 0.717) is 23.7 Å². The third kappa shape index (κ3) is 4.47. The minimum Gasteiger partial charge on any atom is -0.508 e. The van der Waals surface area contributed by atoms with E-state index in [-0.39, 0.29) is 11.7 Å². The largest absolute Gasteiger partial charge is 0.508 e. The molecule has 23 heavy (non-hydrogen) atoms. The molecule has 6 nitrogen and oxygen atoms in total. The average molecular weight is 314 g/mol. The van der Waals surface area contributed by atoms with E-state index < -0.39 is 0 Å². The van der Waals surface area contributed by atoms with Gasteiger partial charge in [-0.3, -0.25) is 4.79 Å². The maximum absolute atomic E-state index is 11.9. The van der Waals surface area contributed by atoms with Crippen LogP contribution in [0.4, 0.5) is 0 Å². The highest BCUT2D eigenvalue weighted by Gasteiger charge is 2.05. The second-order valence-electron chi connectivity index (χ2n) is 4.59. The molecule has 6 heteroatoms. The van der Waals surface area contributed by atoms with E-state index in [1.54, 1.807) is 19.2 Å². The fraction of sp³-hybridized carbons (Fsp3) is 0.176. The summed E-state index contributed by atoms with van der Waals surface area (Å²) in [5.41, 5.74) is 3.59. The zero-order valence-corrected chi connectivity index (χ0v) is 12.9. The molecule has 0 fully saturated rings. The van der Waals surface area contributed by atoms with Gasteiger partial charge in [-0.15, -0.1) is 0 Å². The summed E-state index contributed by atoms with van der Waals surface area (Å²) >= 11 is 0. The van der Waals surface area contributed by atoms with Gasteiger partial charge in [-0.25, -0.2) is 5.43 Å². The molecule has 2 aromatic rings. The van der Waals surface area contributed by atoms with Crippen molar-refractivity contribution in [2.45, 2.75) is 6.92 Å². The number of hydrogen-bond donors (Lipinski definition) is 2. The number of rotatable bonds is 6. The van der Waals surface area contributed by atoms with Gasteiger partial charge in [-0.1, -0.05) is 0 Å². The molecule has 0 bridgehead atoms. The van der Waals surface area contributed by atoms with Crippen molar-refractivity contribution in [3.8, 4) is 17.2 Å². The number of carbonyl (C=O) groups is 1. The summed E-state index contributed by atoms with van der Waals surface area (Å²) < 4.78 is 10.7. The van der Waals surface area contributed by atoms with Crippen LogP contribution in [0.3, 0.4) is 0 Å². The zero-order chi connectivity index (χ0) is 16.7. The molecule has 1 amide bonds. The normalized spacial score (nSPS) is 10.5. The van der Waals surface area contributed by atoms with Gasteiger partial charge in [0.1, 0.15) is 5.75 Å². The van der Waals surface area contributed by atoms with Crippen LogP contribution in [0.25, 0.3) is 0 Å². The second kappa shape index (κ2) is 7.84. The summed E-state index contributed by atoms with van der Waals surface area (Å²) in [6.07, 6.45) is 1.51. The van der Waals surface area contributed by atoms with E-state index >= 15 is 0 Å². The summed E-state index contributed by atoms with van der Waals surface area (Å²) in [5, 5.41) is 13.1. The summed E-state index contributed by atoms with van der Waals surface area (Å²) in [5.74, 6) is 0.992. The van der Waals surface area contributed by atoms with Crippen molar-refractivity contribution in [3.05, 3.63) is 53.6 Å². The van der Waals surface area contributed by atoms with Crippen LogP contribution in [0.15, 0.2) is 47.6 Å². The van der Waals surface area contributed by atoms with Crippen molar-refractivity contribution in [1.82, 2.24) is 5.43 Å². The molecule has 2 aromatic carbocycles. The van der Waals surface area contributed by atoms with Crippen LogP contribution >= 0.6 is 0 Å². The lowest BCUT2D eigenvalue weighted by atomic mass is 10.2. The number of ether oxygens (including phenoxy) is 2. The minimum absolute atomic E-state index is 0.103. The van der Waals surface area contributed by atoms with Crippen molar-refractivity contribution in [3.63, 3.8) is 0 Å². The number of hydrazone groups is 1. The molecule has 0 heterocycles. The lowest BCUT2D eigenvalue weighted by Gasteiger charge is -2.09. The van der Waals surface area contributed by atoms with Gasteiger partial charge in [-0.2, -0.15) is 5.10 Å². The highest BCUT2D eigenvalue weighted by Crippen LogP contribution is 2.27. The maximum Gasteiger partial charge on any atom is 0.271 e. The average Bonchev–Trinajstić information content (AvgIpc) is 2.56. The topological polar surface area (TPSA) is 80.2 Å². The van der Waals surface area contributed by atoms with Gasteiger partial charge in [-0.05, 0) is 55.0 Å². The Morgan fingerprint density at radius 2 is 1.96 bits per heavy atom. The van der Waals surface area contributed by atoms with E-state index in [2.05, 4.69) is 10.5 Å². The zero-order valence-electron chi connectivity index (χ0n) is 12.9. The first kappa shape index (κ1) is 16.4. The molecule has 120 valence electrons. The van der Waals surface area contributed by atoms with E-state index in [0.717, 1.165) is 5.56 Å². The third-order valence-corrected chi connectivity index (χ3v) is 3.00. The summed E-state index contributed by atoms with van der Waals surface area (Å²) in [6.45, 7) is 2.44. The van der Waals surface area contributed by atoms with E-state index in [9.17, 15) is 9.90 Å². The van der Waals surface area contributed by atoms with Crippen molar-refractivity contribution in [2.75, 3.05) is 13.7 Å². The maximum atomic E-state index is 11.9. The van der Waals surface area contributed by atoms with Crippen molar-refractivity contribution in [1.29, 1.82) is 0 Å². The predicted molar refractivity (Wildman–Crippen MR) is 87.3 cm³/mol. The van der Waals surface area contributed by atoms with Gasteiger partial charge in [0, 0.05) is 5.56 Å². The number of phenols is 1. The van der Waals surface area contributed by atoms with Gasteiger partial charge in [0.15, 0.2) is 11.5 Å². The first-order chi connectivity index (χ1) is 11.1. The smallest absolute Gasteiger partial charge is 0.271 e. The molecule has 0 aromatic heterocycles. The SMILES string of the molecule is CCOc1ccc(/C=N\NC(=O)c2ccc(O)cc2)cc1OC. The first-order valence-corrected chi connectivity index (χ1v) is 7.07. The monoisotopic (exact) mass is 314 g/mol. The molecule has 0 saturated heterocycles. The van der Waals surface area contributed by atoms with Gasteiger partial charge >= 0.3 is 0 Å². The Bertz CT molecular complexity index is 696. The summed E-state index contributed by atoms with van der Waals surface area (Å²) in [7, 11) is 1.56. The van der Waals surface area contributed by atoms with Gasteiger partial charge in [0.2, 0.25) is 0 Å². The number of phenolic OH excluding ortho intramolecular Hbond substituents is 1. The standard InChI is InChI=1S/C17H18N2O4/c1-3-23-15-9-4-12(10-16(15)22-2)11-18-19-17(21)13-5-7-14(20)8-6-13/h4-11,20H,3H2,1-2H3,(H,19,21)/b18-11-. The molecule has 0 aliphatic rings. The number of benzene rings is 2. The molecule has 2 N–H and O–H groups in total. The molecule has 2 rings (SSSR count). The quantitative estimate of drug-likeness (QED) is 0.634. The molecular formula is C17H18N2O4. The molecule has 0 unspecified atom stereocenters. The van der Waals surface area contributed by atoms with Crippen LogP contribution in [-0.4, -0.2) is 30.9 Å². The molecule has 0 aliphatic carbocycles. The van der Waals surface area contributed by atoms with E-state index in [1.807, 2.05) is 13.0 Å². The Labute approximate surface area is 134 Å². The highest BCUT2D eigenvalue weighted by molar-refractivity contribution is 5.95. The number of nitrogens with zero attached hydrogens (tertiary/aromatic N) is 1. The van der Waals surface area contributed by atoms with Crippen LogP contribution in [0.2, 0.25) is 0 Å². The molecule has 0 aliphatic heterocycles. The molecule has 0 radical (unpaired) electrons. The van der Waals surface area contributed by atoms with Crippen LogP contribution in [0.5, 0.6) is 17.2 Å². The number of amides is 1. The number of hydrogen-bond acceptors (Lipinski definition) is 5. The Hall–Kier alpha value is -3.02. The highest BCUT2D eigenvalue weighted by atomic mass is 16.5. The van der Waals surface area contributed by atoms with Gasteiger partial charge in [0.05, 0.1) is 19.9 Å². The molecule has 0 saturated carbocycles. The van der Waals surface area contributed by atoms with Crippen molar-refractivity contribution >= 4 is 12.1 Å². The fourth-order valence-corrected chi connectivity index (χ4v) is 1.88. The number of aromatic hydroxyl groups is 1. The van der Waals surface area contributed by atoms with Crippen molar-refractivity contribution < 1.29 is 19.4 Å². The number of carbonyl (C=O) groups excluding carboxylic acids is 1. The fourth-order valence-electron chi connectivity index (χ4n) is 1.88. The van der Waals surface area contributed by atoms with Crippen molar-refractivity contribution in [2.24, 2.45) is 5.10 Å². The number of methoxy groups -OCH3 is 1. The van der Waals surface area contributed by atoms with E-state index in [4.69, 9.17) is 9.47 Å².